The fraction of sp³-hybridized carbons (Fsp3) is 0.250. The van der Waals surface area contributed by atoms with Crippen LogP contribution in [0.4, 0.5) is 5.69 Å². The molecule has 1 aliphatic heterocycles. The minimum absolute atomic E-state index is 0.0510. The Morgan fingerprint density at radius 1 is 1.29 bits per heavy atom. The van der Waals surface area contributed by atoms with E-state index in [-0.39, 0.29) is 11.3 Å². The van der Waals surface area contributed by atoms with Gasteiger partial charge < -0.3 is 9.47 Å². The molecule has 108 valence electrons. The molecule has 0 bridgehead atoms. The number of hydrogen-bond acceptors (Lipinski definition) is 4. The second kappa shape index (κ2) is 5.18. The first-order valence-electron chi connectivity index (χ1n) is 6.68. The summed E-state index contributed by atoms with van der Waals surface area (Å²) in [6.45, 7) is 3.09. The average molecular weight is 285 g/mol. The van der Waals surface area contributed by atoms with Crippen LogP contribution < -0.4 is 4.74 Å². The molecular weight excluding hydrogens is 270 g/mol. The summed E-state index contributed by atoms with van der Waals surface area (Å²) in [6, 6.07) is 14.1. The van der Waals surface area contributed by atoms with Gasteiger partial charge in [-0.2, -0.15) is 0 Å². The lowest BCUT2D eigenvalue weighted by Crippen LogP contribution is -2.17. The second-order valence-corrected chi connectivity index (χ2v) is 5.33. The normalized spacial score (nSPS) is 20.0. The fourth-order valence-corrected chi connectivity index (χ4v) is 2.04. The third-order valence-corrected chi connectivity index (χ3v) is 3.43. The van der Waals surface area contributed by atoms with E-state index in [0.717, 1.165) is 5.56 Å². The van der Waals surface area contributed by atoms with Gasteiger partial charge in [0.05, 0.1) is 11.5 Å². The maximum atomic E-state index is 11.0. The molecule has 3 rings (SSSR count). The van der Waals surface area contributed by atoms with Crippen LogP contribution in [0.5, 0.6) is 5.75 Å². The summed E-state index contributed by atoms with van der Waals surface area (Å²) in [4.78, 5) is 10.6. The number of non-ortho nitro benzene ring substituents is 1. The monoisotopic (exact) mass is 285 g/mol. The maximum absolute atomic E-state index is 11.0. The first-order chi connectivity index (χ1) is 10.1. The fourth-order valence-electron chi connectivity index (χ4n) is 2.04. The van der Waals surface area contributed by atoms with E-state index in [9.17, 15) is 10.1 Å². The molecule has 1 unspecified atom stereocenters. The molecule has 1 heterocycles. The molecule has 2 aromatic carbocycles. The molecule has 5 heteroatoms. The molecule has 0 spiro atoms. The van der Waals surface area contributed by atoms with Crippen LogP contribution in [-0.4, -0.2) is 23.7 Å². The van der Waals surface area contributed by atoms with Gasteiger partial charge in [-0.05, 0) is 18.6 Å². The van der Waals surface area contributed by atoms with Crippen LogP contribution in [0.15, 0.2) is 48.5 Å². The maximum Gasteiger partial charge on any atom is 0.270 e. The van der Waals surface area contributed by atoms with Crippen LogP contribution >= 0.6 is 0 Å². The van der Waals surface area contributed by atoms with Crippen molar-refractivity contribution in [3.8, 4) is 16.9 Å². The van der Waals surface area contributed by atoms with Crippen LogP contribution in [-0.2, 0) is 4.74 Å². The summed E-state index contributed by atoms with van der Waals surface area (Å²) in [7, 11) is 0. The summed E-state index contributed by atoms with van der Waals surface area (Å²) in [5.41, 5.74) is 1.43. The Morgan fingerprint density at radius 3 is 2.62 bits per heavy atom. The van der Waals surface area contributed by atoms with Crippen LogP contribution in [0, 0.1) is 10.1 Å². The molecular formula is C16H15NO4. The predicted octanol–water partition coefficient (Wildman–Crippen LogP) is 3.43. The molecule has 1 saturated heterocycles. The van der Waals surface area contributed by atoms with Crippen molar-refractivity contribution in [2.45, 2.75) is 12.5 Å². The van der Waals surface area contributed by atoms with Crippen molar-refractivity contribution in [3.05, 3.63) is 58.6 Å². The van der Waals surface area contributed by atoms with Crippen LogP contribution in [0.25, 0.3) is 11.1 Å². The van der Waals surface area contributed by atoms with Gasteiger partial charge in [0.2, 0.25) is 0 Å². The van der Waals surface area contributed by atoms with E-state index in [2.05, 4.69) is 0 Å². The zero-order valence-corrected chi connectivity index (χ0v) is 11.6. The molecule has 0 amide bonds. The lowest BCUT2D eigenvalue weighted by molar-refractivity contribution is -0.384. The quantitative estimate of drug-likeness (QED) is 0.479. The van der Waals surface area contributed by atoms with Gasteiger partial charge >= 0.3 is 0 Å². The molecule has 0 aromatic heterocycles. The highest BCUT2D eigenvalue weighted by molar-refractivity contribution is 5.72. The van der Waals surface area contributed by atoms with Crippen molar-refractivity contribution in [1.82, 2.24) is 0 Å². The molecule has 1 atom stereocenters. The van der Waals surface area contributed by atoms with E-state index >= 15 is 0 Å². The molecule has 2 aromatic rings. The number of nitro benzene ring substituents is 1. The topological polar surface area (TPSA) is 64.9 Å². The van der Waals surface area contributed by atoms with Gasteiger partial charge in [0, 0.05) is 17.7 Å². The van der Waals surface area contributed by atoms with E-state index in [1.807, 2.05) is 37.3 Å². The van der Waals surface area contributed by atoms with E-state index in [4.69, 9.17) is 9.47 Å². The van der Waals surface area contributed by atoms with Crippen molar-refractivity contribution < 1.29 is 14.4 Å². The minimum atomic E-state index is -0.401. The van der Waals surface area contributed by atoms with E-state index in [0.29, 0.717) is 24.5 Å². The highest BCUT2D eigenvalue weighted by atomic mass is 16.6. The van der Waals surface area contributed by atoms with Crippen LogP contribution in [0.2, 0.25) is 0 Å². The summed E-state index contributed by atoms with van der Waals surface area (Å²) >= 11 is 0. The van der Waals surface area contributed by atoms with Crippen molar-refractivity contribution in [1.29, 1.82) is 0 Å². The average Bonchev–Trinajstić information content (AvgIpc) is 3.24. The van der Waals surface area contributed by atoms with Gasteiger partial charge in [-0.25, -0.2) is 0 Å². The minimum Gasteiger partial charge on any atom is -0.490 e. The predicted molar refractivity (Wildman–Crippen MR) is 78.4 cm³/mol. The van der Waals surface area contributed by atoms with Crippen molar-refractivity contribution in [3.63, 3.8) is 0 Å². The Bertz CT molecular complexity index is 665. The van der Waals surface area contributed by atoms with Crippen molar-refractivity contribution in [2.24, 2.45) is 0 Å². The number of rotatable bonds is 5. The zero-order chi connectivity index (χ0) is 14.9. The molecule has 0 saturated carbocycles. The molecule has 21 heavy (non-hydrogen) atoms. The van der Waals surface area contributed by atoms with Gasteiger partial charge in [0.15, 0.2) is 0 Å². The Kier molecular flexibility index (Phi) is 3.35. The highest BCUT2D eigenvalue weighted by Gasteiger charge is 2.40. The van der Waals surface area contributed by atoms with Gasteiger partial charge in [-0.1, -0.05) is 30.3 Å². The van der Waals surface area contributed by atoms with E-state index in [1.54, 1.807) is 12.1 Å². The Morgan fingerprint density at radius 2 is 2.00 bits per heavy atom. The van der Waals surface area contributed by atoms with Crippen molar-refractivity contribution >= 4 is 5.69 Å². The first kappa shape index (κ1) is 13.6. The molecule has 0 radical (unpaired) electrons. The SMILES string of the molecule is CC1(COc2ccc([N+](=O)[O-])cc2-c2ccccc2)CO1. The largest absolute Gasteiger partial charge is 0.490 e. The third-order valence-electron chi connectivity index (χ3n) is 3.43. The summed E-state index contributed by atoms with van der Waals surface area (Å²) in [5, 5.41) is 11.0. The standard InChI is InChI=1S/C16H15NO4/c1-16(11-21-16)10-20-15-8-7-13(17(18)19)9-14(15)12-5-3-2-4-6-12/h2-9H,10-11H2,1H3. The van der Waals surface area contributed by atoms with Crippen LogP contribution in [0.1, 0.15) is 6.92 Å². The van der Waals surface area contributed by atoms with Crippen molar-refractivity contribution in [2.75, 3.05) is 13.2 Å². The molecule has 5 nitrogen and oxygen atoms in total. The van der Waals surface area contributed by atoms with E-state index in [1.165, 1.54) is 6.07 Å². The first-order valence-corrected chi connectivity index (χ1v) is 6.68. The van der Waals surface area contributed by atoms with Gasteiger partial charge in [-0.3, -0.25) is 10.1 Å². The molecule has 0 aliphatic carbocycles. The Labute approximate surface area is 122 Å². The number of hydrogen-bond donors (Lipinski definition) is 0. The summed E-state index contributed by atoms with van der Waals surface area (Å²) in [5.74, 6) is 0.628. The molecule has 1 aliphatic rings. The number of benzene rings is 2. The van der Waals surface area contributed by atoms with Gasteiger partial charge in [0.1, 0.15) is 18.0 Å². The second-order valence-electron chi connectivity index (χ2n) is 5.33. The lowest BCUT2D eigenvalue weighted by atomic mass is 10.0. The summed E-state index contributed by atoms with van der Waals surface area (Å²) in [6.07, 6.45) is 0. The number of nitrogens with zero attached hydrogens (tertiary/aromatic N) is 1. The highest BCUT2D eigenvalue weighted by Crippen LogP contribution is 2.35. The number of nitro groups is 1. The lowest BCUT2D eigenvalue weighted by Gasteiger charge is -2.13. The smallest absolute Gasteiger partial charge is 0.270 e. The molecule has 1 fully saturated rings. The summed E-state index contributed by atoms with van der Waals surface area (Å²) < 4.78 is 11.1. The number of ether oxygens (including phenoxy) is 2. The zero-order valence-electron chi connectivity index (χ0n) is 11.6. The Balaban J connectivity index is 1.96. The number of epoxide rings is 1. The van der Waals surface area contributed by atoms with Gasteiger partial charge in [0.25, 0.3) is 5.69 Å². The van der Waals surface area contributed by atoms with E-state index < -0.39 is 4.92 Å². The third kappa shape index (κ3) is 3.03. The van der Waals surface area contributed by atoms with Gasteiger partial charge in [-0.15, -0.1) is 0 Å². The molecule has 0 N–H and O–H groups in total. The van der Waals surface area contributed by atoms with Crippen LogP contribution in [0.3, 0.4) is 0 Å². The Hall–Kier alpha value is -2.40.